The molecule has 2 rings (SSSR count). The molecular weight excluding hydrogens is 212 g/mol. The maximum atomic E-state index is 10.1. The molecule has 1 aromatic rings. The average molecular weight is 227 g/mol. The van der Waals surface area contributed by atoms with E-state index in [9.17, 15) is 5.11 Å². The first-order valence-corrected chi connectivity index (χ1v) is 5.44. The topological polar surface area (TPSA) is 29.5 Å². The number of aliphatic hydroxyl groups excluding tert-OH is 1. The van der Waals surface area contributed by atoms with Crippen LogP contribution in [0.15, 0.2) is 12.1 Å². The van der Waals surface area contributed by atoms with Gasteiger partial charge in [0.25, 0.3) is 0 Å². The number of benzene rings is 1. The fraction of sp³-hybridized carbons (Fsp3) is 0.500. The van der Waals surface area contributed by atoms with Crippen molar-refractivity contribution in [2.24, 2.45) is 0 Å². The molecular formula is C12H15ClO2. The van der Waals surface area contributed by atoms with Crippen LogP contribution in [0.5, 0.6) is 5.75 Å². The molecule has 15 heavy (non-hydrogen) atoms. The van der Waals surface area contributed by atoms with Gasteiger partial charge in [-0.25, -0.2) is 0 Å². The Morgan fingerprint density at radius 3 is 2.80 bits per heavy atom. The molecule has 2 nitrogen and oxygen atoms in total. The highest BCUT2D eigenvalue weighted by Crippen LogP contribution is 2.44. The third-order valence-electron chi connectivity index (χ3n) is 2.76. The number of hydrogen-bond acceptors (Lipinski definition) is 2. The van der Waals surface area contributed by atoms with E-state index in [2.05, 4.69) is 0 Å². The second kappa shape index (κ2) is 3.39. The zero-order valence-electron chi connectivity index (χ0n) is 9.17. The van der Waals surface area contributed by atoms with Gasteiger partial charge in [-0.1, -0.05) is 17.7 Å². The lowest BCUT2D eigenvalue weighted by Crippen LogP contribution is -2.35. The molecule has 0 saturated carbocycles. The van der Waals surface area contributed by atoms with Gasteiger partial charge in [0, 0.05) is 12.0 Å². The van der Waals surface area contributed by atoms with Crippen molar-refractivity contribution in [2.45, 2.75) is 38.9 Å². The Morgan fingerprint density at radius 2 is 2.13 bits per heavy atom. The highest BCUT2D eigenvalue weighted by Gasteiger charge is 2.34. The lowest BCUT2D eigenvalue weighted by molar-refractivity contribution is 0.0112. The number of fused-ring (bicyclic) bond motifs is 1. The highest BCUT2D eigenvalue weighted by atomic mass is 35.5. The number of halogens is 1. The van der Waals surface area contributed by atoms with E-state index in [0.29, 0.717) is 17.2 Å². The first-order chi connectivity index (χ1) is 6.91. The summed E-state index contributed by atoms with van der Waals surface area (Å²) in [5.41, 5.74) is 1.50. The number of aliphatic hydroxyl groups is 1. The fourth-order valence-electron chi connectivity index (χ4n) is 2.07. The van der Waals surface area contributed by atoms with Crippen LogP contribution in [-0.4, -0.2) is 10.7 Å². The largest absolute Gasteiger partial charge is 0.486 e. The standard InChI is InChI=1S/C12H15ClO2/c1-7-4-5-8(13)11-10(7)9(14)6-12(2,3)15-11/h4-5,9,14H,6H2,1-3H3. The van der Waals surface area contributed by atoms with Crippen LogP contribution in [0, 0.1) is 6.92 Å². The lowest BCUT2D eigenvalue weighted by atomic mass is 9.89. The molecule has 1 unspecified atom stereocenters. The van der Waals surface area contributed by atoms with Crippen LogP contribution in [0.25, 0.3) is 0 Å². The van der Waals surface area contributed by atoms with Gasteiger partial charge in [-0.05, 0) is 32.4 Å². The SMILES string of the molecule is Cc1ccc(Cl)c2c1C(O)CC(C)(C)O2. The van der Waals surface area contributed by atoms with E-state index < -0.39 is 6.10 Å². The molecule has 1 aromatic carbocycles. The zero-order chi connectivity index (χ0) is 11.2. The van der Waals surface area contributed by atoms with Gasteiger partial charge in [-0.2, -0.15) is 0 Å². The molecule has 0 amide bonds. The Morgan fingerprint density at radius 1 is 1.47 bits per heavy atom. The van der Waals surface area contributed by atoms with Crippen LogP contribution in [0.1, 0.15) is 37.5 Å². The summed E-state index contributed by atoms with van der Waals surface area (Å²) in [6, 6.07) is 3.72. The first kappa shape index (κ1) is 10.8. The molecule has 1 aliphatic heterocycles. The summed E-state index contributed by atoms with van der Waals surface area (Å²) >= 11 is 6.07. The van der Waals surface area contributed by atoms with E-state index in [1.807, 2.05) is 32.9 Å². The van der Waals surface area contributed by atoms with E-state index in [0.717, 1.165) is 11.1 Å². The van der Waals surface area contributed by atoms with Crippen LogP contribution in [-0.2, 0) is 0 Å². The van der Waals surface area contributed by atoms with Gasteiger partial charge < -0.3 is 9.84 Å². The average Bonchev–Trinajstić information content (AvgIpc) is 2.09. The van der Waals surface area contributed by atoms with Crippen molar-refractivity contribution in [3.8, 4) is 5.75 Å². The van der Waals surface area contributed by atoms with Crippen molar-refractivity contribution >= 4 is 11.6 Å². The van der Waals surface area contributed by atoms with E-state index in [-0.39, 0.29) is 5.60 Å². The maximum Gasteiger partial charge on any atom is 0.144 e. The molecule has 0 aliphatic carbocycles. The van der Waals surface area contributed by atoms with Gasteiger partial charge in [0.2, 0.25) is 0 Å². The van der Waals surface area contributed by atoms with E-state index in [1.54, 1.807) is 0 Å². The first-order valence-electron chi connectivity index (χ1n) is 5.07. The summed E-state index contributed by atoms with van der Waals surface area (Å²) in [6.07, 6.45) is 0.115. The number of hydrogen-bond donors (Lipinski definition) is 1. The molecule has 82 valence electrons. The fourth-order valence-corrected chi connectivity index (χ4v) is 2.28. The normalized spacial score (nSPS) is 23.1. The summed E-state index contributed by atoms with van der Waals surface area (Å²) in [6.45, 7) is 5.87. The summed E-state index contributed by atoms with van der Waals surface area (Å²) in [4.78, 5) is 0. The lowest BCUT2D eigenvalue weighted by Gasteiger charge is -2.36. The highest BCUT2D eigenvalue weighted by molar-refractivity contribution is 6.32. The molecule has 3 heteroatoms. The Bertz CT molecular complexity index is 399. The summed E-state index contributed by atoms with van der Waals surface area (Å²) in [7, 11) is 0. The van der Waals surface area contributed by atoms with Gasteiger partial charge in [0.15, 0.2) is 0 Å². The Kier molecular flexibility index (Phi) is 2.44. The second-order valence-electron chi connectivity index (χ2n) is 4.69. The van der Waals surface area contributed by atoms with Gasteiger partial charge in [-0.3, -0.25) is 0 Å². The van der Waals surface area contributed by atoms with Crippen molar-refractivity contribution in [3.63, 3.8) is 0 Å². The molecule has 0 aromatic heterocycles. The molecule has 0 bridgehead atoms. The third kappa shape index (κ3) is 1.84. The van der Waals surface area contributed by atoms with Crippen molar-refractivity contribution in [3.05, 3.63) is 28.3 Å². The number of aryl methyl sites for hydroxylation is 1. The van der Waals surface area contributed by atoms with Crippen molar-refractivity contribution in [1.82, 2.24) is 0 Å². The molecule has 1 aliphatic rings. The summed E-state index contributed by atoms with van der Waals surface area (Å²) in [5, 5.41) is 10.6. The van der Waals surface area contributed by atoms with E-state index in [1.165, 1.54) is 0 Å². The van der Waals surface area contributed by atoms with Gasteiger partial charge in [0.1, 0.15) is 11.4 Å². The minimum atomic E-state index is -0.484. The summed E-state index contributed by atoms with van der Waals surface area (Å²) < 4.78 is 5.81. The van der Waals surface area contributed by atoms with Crippen molar-refractivity contribution < 1.29 is 9.84 Å². The number of ether oxygens (including phenoxy) is 1. The van der Waals surface area contributed by atoms with E-state index in [4.69, 9.17) is 16.3 Å². The van der Waals surface area contributed by atoms with Crippen LogP contribution in [0.4, 0.5) is 0 Å². The van der Waals surface area contributed by atoms with E-state index >= 15 is 0 Å². The predicted molar refractivity (Wildman–Crippen MR) is 60.5 cm³/mol. The molecule has 0 radical (unpaired) electrons. The monoisotopic (exact) mass is 226 g/mol. The van der Waals surface area contributed by atoms with Crippen LogP contribution < -0.4 is 4.74 Å². The molecule has 0 fully saturated rings. The van der Waals surface area contributed by atoms with Gasteiger partial charge in [0.05, 0.1) is 11.1 Å². The van der Waals surface area contributed by atoms with Crippen LogP contribution in [0.3, 0.4) is 0 Å². The minimum Gasteiger partial charge on any atom is -0.486 e. The molecule has 0 spiro atoms. The van der Waals surface area contributed by atoms with Gasteiger partial charge >= 0.3 is 0 Å². The Labute approximate surface area is 94.8 Å². The Hall–Kier alpha value is -0.730. The quantitative estimate of drug-likeness (QED) is 0.736. The third-order valence-corrected chi connectivity index (χ3v) is 3.06. The minimum absolute atomic E-state index is 0.357. The molecule has 1 atom stereocenters. The molecule has 1 heterocycles. The molecule has 0 saturated heterocycles. The van der Waals surface area contributed by atoms with Gasteiger partial charge in [-0.15, -0.1) is 0 Å². The second-order valence-corrected chi connectivity index (χ2v) is 5.10. The molecule has 1 N–H and O–H groups in total. The predicted octanol–water partition coefficient (Wildman–Crippen LogP) is 3.24. The maximum absolute atomic E-state index is 10.1. The smallest absolute Gasteiger partial charge is 0.144 e. The zero-order valence-corrected chi connectivity index (χ0v) is 9.93. The summed E-state index contributed by atoms with van der Waals surface area (Å²) in [5.74, 6) is 0.639. The van der Waals surface area contributed by atoms with Crippen LogP contribution >= 0.6 is 11.6 Å². The van der Waals surface area contributed by atoms with Crippen molar-refractivity contribution in [2.75, 3.05) is 0 Å². The number of rotatable bonds is 0. The van der Waals surface area contributed by atoms with Crippen LogP contribution in [0.2, 0.25) is 5.02 Å². The Balaban J connectivity index is 2.59. The van der Waals surface area contributed by atoms with Crippen molar-refractivity contribution in [1.29, 1.82) is 0 Å².